The Kier molecular flexibility index (Phi) is 39.4. The topological polar surface area (TPSA) is 210 Å². The van der Waals surface area contributed by atoms with Gasteiger partial charge in [-0.25, -0.2) is 0 Å². The molecule has 0 aliphatic rings. The van der Waals surface area contributed by atoms with Gasteiger partial charge in [-0.2, -0.15) is 0 Å². The van der Waals surface area contributed by atoms with Crippen LogP contribution in [0.3, 0.4) is 0 Å². The van der Waals surface area contributed by atoms with E-state index in [1.807, 2.05) is 0 Å². The SMILES string of the molecule is O.O.O.O=C(O)CN(CC(=O)O)CC(=O)O.[H-].[H-].[Na+].[Na+]. The minimum absolute atomic E-state index is 0. The molecule has 0 saturated carbocycles. The molecule has 0 bridgehead atoms. The van der Waals surface area contributed by atoms with Crippen molar-refractivity contribution in [1.29, 1.82) is 0 Å². The number of carbonyl (C=O) groups is 3. The summed E-state index contributed by atoms with van der Waals surface area (Å²) in [6, 6.07) is 0. The maximum absolute atomic E-state index is 10.1. The molecule has 12 heteroatoms. The maximum atomic E-state index is 10.1. The van der Waals surface area contributed by atoms with Crippen LogP contribution in [0.25, 0.3) is 0 Å². The third-order valence-electron chi connectivity index (χ3n) is 1.08. The van der Waals surface area contributed by atoms with Crippen LogP contribution in [-0.4, -0.2) is 74.2 Å². The summed E-state index contributed by atoms with van der Waals surface area (Å²) in [6.45, 7) is -1.80. The summed E-state index contributed by atoms with van der Waals surface area (Å²) in [4.78, 5) is 31.2. The van der Waals surface area contributed by atoms with Gasteiger partial charge in [0.1, 0.15) is 0 Å². The molecule has 0 aromatic carbocycles. The first-order valence-electron chi connectivity index (χ1n) is 3.29. The quantitative estimate of drug-likeness (QED) is 0.402. The van der Waals surface area contributed by atoms with E-state index < -0.39 is 37.5 Å². The van der Waals surface area contributed by atoms with Gasteiger partial charge in [-0.15, -0.1) is 0 Å². The molecule has 0 radical (unpaired) electrons. The van der Waals surface area contributed by atoms with Crippen LogP contribution < -0.4 is 59.1 Å². The van der Waals surface area contributed by atoms with Gasteiger partial charge < -0.3 is 34.6 Å². The fourth-order valence-electron chi connectivity index (χ4n) is 0.742. The van der Waals surface area contributed by atoms with E-state index in [4.69, 9.17) is 15.3 Å². The summed E-state index contributed by atoms with van der Waals surface area (Å²) in [5.74, 6) is -3.78. The van der Waals surface area contributed by atoms with E-state index in [9.17, 15) is 14.4 Å². The Labute approximate surface area is 149 Å². The van der Waals surface area contributed by atoms with Gasteiger partial charge in [-0.3, -0.25) is 19.3 Å². The first kappa shape index (κ1) is 36.2. The third kappa shape index (κ3) is 25.2. The number of aliphatic carboxylic acids is 3. The summed E-state index contributed by atoms with van der Waals surface area (Å²) in [6.07, 6.45) is 0. The molecule has 0 amide bonds. The smallest absolute Gasteiger partial charge is 1.00 e. The van der Waals surface area contributed by atoms with E-state index in [1.165, 1.54) is 0 Å². The van der Waals surface area contributed by atoms with Crippen molar-refractivity contribution in [2.24, 2.45) is 0 Å². The molecule has 9 N–H and O–H groups in total. The molecule has 10 nitrogen and oxygen atoms in total. The average Bonchev–Trinajstić information content (AvgIpc) is 1.80. The molecule has 0 unspecified atom stereocenters. The summed E-state index contributed by atoms with van der Waals surface area (Å²) in [5, 5.41) is 24.8. The average molecular weight is 293 g/mol. The zero-order valence-electron chi connectivity index (χ0n) is 12.1. The predicted octanol–water partition coefficient (Wildman–Crippen LogP) is -9.70. The maximum Gasteiger partial charge on any atom is 1.00 e. The third-order valence-corrected chi connectivity index (χ3v) is 1.08. The minimum atomic E-state index is -1.26. The Morgan fingerprint density at radius 1 is 0.722 bits per heavy atom. The van der Waals surface area contributed by atoms with Gasteiger partial charge in [0.2, 0.25) is 0 Å². The van der Waals surface area contributed by atoms with E-state index >= 15 is 0 Å². The number of rotatable bonds is 6. The van der Waals surface area contributed by atoms with Crippen LogP contribution in [0.5, 0.6) is 0 Å². The van der Waals surface area contributed by atoms with Crippen molar-refractivity contribution in [3.63, 3.8) is 0 Å². The molecule has 0 heterocycles. The predicted molar refractivity (Wildman–Crippen MR) is 52.4 cm³/mol. The molecule has 0 aromatic rings. The molecule has 0 saturated heterocycles. The van der Waals surface area contributed by atoms with Gasteiger partial charge >= 0.3 is 77.0 Å². The van der Waals surface area contributed by atoms with E-state index in [1.54, 1.807) is 0 Å². The zero-order chi connectivity index (χ0) is 10.4. The van der Waals surface area contributed by atoms with Gasteiger partial charge in [-0.1, -0.05) is 0 Å². The molecule has 0 rings (SSSR count). The number of carboxylic acid groups (broad SMARTS) is 3. The minimum Gasteiger partial charge on any atom is -1.00 e. The number of carboxylic acids is 3. The van der Waals surface area contributed by atoms with E-state index in [2.05, 4.69) is 0 Å². The van der Waals surface area contributed by atoms with Crippen molar-refractivity contribution in [1.82, 2.24) is 4.90 Å². The Morgan fingerprint density at radius 3 is 1.00 bits per heavy atom. The number of nitrogens with zero attached hydrogens (tertiary/aromatic N) is 1. The Bertz CT molecular complexity index is 208. The normalized spacial score (nSPS) is 7.17. The second-order valence-corrected chi connectivity index (χ2v) is 2.33. The molecule has 0 fully saturated rings. The van der Waals surface area contributed by atoms with Crippen LogP contribution >= 0.6 is 0 Å². The Morgan fingerprint density at radius 2 is 0.889 bits per heavy atom. The second-order valence-electron chi connectivity index (χ2n) is 2.33. The van der Waals surface area contributed by atoms with E-state index in [0.717, 1.165) is 4.90 Å². The molecule has 0 atom stereocenters. The first-order valence-corrected chi connectivity index (χ1v) is 3.29. The molecule has 0 aromatic heterocycles. The van der Waals surface area contributed by atoms with E-state index in [0.29, 0.717) is 0 Å². The zero-order valence-corrected chi connectivity index (χ0v) is 14.1. The van der Waals surface area contributed by atoms with Crippen molar-refractivity contribution in [3.05, 3.63) is 0 Å². The van der Waals surface area contributed by atoms with Crippen molar-refractivity contribution in [3.8, 4) is 0 Å². The largest absolute Gasteiger partial charge is 1.00 e. The van der Waals surface area contributed by atoms with E-state index in [-0.39, 0.29) is 78.4 Å². The Hall–Kier alpha value is 0.250. The number of hydrogen-bond acceptors (Lipinski definition) is 4. The van der Waals surface area contributed by atoms with Crippen LogP contribution in [0.1, 0.15) is 2.85 Å². The fourth-order valence-corrected chi connectivity index (χ4v) is 0.742. The van der Waals surface area contributed by atoms with Gasteiger partial charge in [0.15, 0.2) is 0 Å². The van der Waals surface area contributed by atoms with Crippen LogP contribution in [0, 0.1) is 0 Å². The van der Waals surface area contributed by atoms with Crippen molar-refractivity contribution in [2.45, 2.75) is 0 Å². The van der Waals surface area contributed by atoms with Crippen LogP contribution in [0.15, 0.2) is 0 Å². The summed E-state index contributed by atoms with van der Waals surface area (Å²) in [7, 11) is 0. The second kappa shape index (κ2) is 19.6. The van der Waals surface area contributed by atoms with Gasteiger partial charge in [0.05, 0.1) is 19.6 Å². The van der Waals surface area contributed by atoms with Gasteiger partial charge in [-0.05, 0) is 0 Å². The fraction of sp³-hybridized carbons (Fsp3) is 0.500. The monoisotopic (exact) mass is 293 g/mol. The molecule has 102 valence electrons. The summed E-state index contributed by atoms with van der Waals surface area (Å²) in [5.41, 5.74) is 0. The van der Waals surface area contributed by atoms with Crippen LogP contribution in [0.4, 0.5) is 0 Å². The number of hydrogen-bond donors (Lipinski definition) is 3. The molecular weight excluding hydrogens is 276 g/mol. The molecule has 0 aliphatic carbocycles. The summed E-state index contributed by atoms with van der Waals surface area (Å²) >= 11 is 0. The van der Waals surface area contributed by atoms with Crippen LogP contribution in [0.2, 0.25) is 0 Å². The Balaban J connectivity index is -0.0000000343. The first-order chi connectivity index (χ1) is 5.91. The van der Waals surface area contributed by atoms with Gasteiger partial charge in [0.25, 0.3) is 0 Å². The van der Waals surface area contributed by atoms with Gasteiger partial charge in [0, 0.05) is 0 Å². The van der Waals surface area contributed by atoms with Crippen molar-refractivity contribution in [2.75, 3.05) is 19.6 Å². The van der Waals surface area contributed by atoms with Crippen molar-refractivity contribution < 1.29 is 108 Å². The standard InChI is InChI=1S/C6H9NO6.2Na.3H2O.2H/c8-4(9)1-7(2-5(10)11)3-6(12)13;;;;;;;/h1-3H2,(H,8,9)(H,10,11)(H,12,13);;;3*1H2;;/q;2*+1;;;;2*-1. The van der Waals surface area contributed by atoms with Crippen LogP contribution in [-0.2, 0) is 14.4 Å². The molecular formula is C6H17NNa2O9. The summed E-state index contributed by atoms with van der Waals surface area (Å²) < 4.78 is 0. The molecule has 0 spiro atoms. The molecule has 18 heavy (non-hydrogen) atoms. The van der Waals surface area contributed by atoms with Crippen molar-refractivity contribution >= 4 is 17.9 Å². The molecule has 0 aliphatic heterocycles.